The van der Waals surface area contributed by atoms with E-state index in [1.807, 2.05) is 35.2 Å². The second-order valence-electron chi connectivity index (χ2n) is 7.27. The molecule has 0 aliphatic carbocycles. The van der Waals surface area contributed by atoms with Gasteiger partial charge in [0.25, 0.3) is 0 Å². The fourth-order valence-electron chi connectivity index (χ4n) is 3.42. The number of aromatic nitrogens is 1. The summed E-state index contributed by atoms with van der Waals surface area (Å²) in [5.74, 6) is 1.42. The van der Waals surface area contributed by atoms with Crippen LogP contribution in [0, 0.1) is 0 Å². The van der Waals surface area contributed by atoms with Crippen LogP contribution in [0.2, 0.25) is 0 Å². The Morgan fingerprint density at radius 3 is 2.60 bits per heavy atom. The first-order chi connectivity index (χ1) is 14.5. The van der Waals surface area contributed by atoms with Gasteiger partial charge >= 0.3 is 0 Å². The zero-order valence-electron chi connectivity index (χ0n) is 17.1. The average Bonchev–Trinajstić information content (AvgIpc) is 2.99. The molecule has 0 spiro atoms. The standard InChI is InChI=1S/C22H27BrN4O3/c1-30-19-7-3-17(4-8-19)5-10-22(29)27-12-2-11-26(13-14-27)16-21(28)25-20-9-6-18(23)15-24-20/h3-4,6-9,15H,2,5,10-14,16H2,1H3,(H,24,25,28). The van der Waals surface area contributed by atoms with Crippen LogP contribution in [0.1, 0.15) is 18.4 Å². The molecule has 2 amide bonds. The largest absolute Gasteiger partial charge is 0.497 e. The molecule has 0 bridgehead atoms. The maximum Gasteiger partial charge on any atom is 0.239 e. The van der Waals surface area contributed by atoms with Crippen molar-refractivity contribution in [2.24, 2.45) is 0 Å². The zero-order valence-corrected chi connectivity index (χ0v) is 18.7. The number of halogens is 1. The van der Waals surface area contributed by atoms with Crippen LogP contribution in [0.25, 0.3) is 0 Å². The monoisotopic (exact) mass is 474 g/mol. The number of rotatable bonds is 7. The van der Waals surface area contributed by atoms with E-state index < -0.39 is 0 Å². The van der Waals surface area contributed by atoms with Gasteiger partial charge in [0.15, 0.2) is 0 Å². The molecule has 0 unspecified atom stereocenters. The Hall–Kier alpha value is -2.45. The summed E-state index contributed by atoms with van der Waals surface area (Å²) in [6.07, 6.45) is 3.71. The van der Waals surface area contributed by atoms with Gasteiger partial charge < -0.3 is 15.0 Å². The molecule has 1 saturated heterocycles. The van der Waals surface area contributed by atoms with Crippen LogP contribution < -0.4 is 10.1 Å². The number of carbonyl (C=O) groups is 2. The van der Waals surface area contributed by atoms with Crippen molar-refractivity contribution in [2.45, 2.75) is 19.3 Å². The lowest BCUT2D eigenvalue weighted by atomic mass is 10.1. The molecular formula is C22H27BrN4O3. The average molecular weight is 475 g/mol. The summed E-state index contributed by atoms with van der Waals surface area (Å²) in [7, 11) is 1.64. The number of carbonyl (C=O) groups excluding carboxylic acids is 2. The molecule has 8 heteroatoms. The van der Waals surface area contributed by atoms with E-state index in [0.717, 1.165) is 35.3 Å². The maximum atomic E-state index is 12.6. The normalized spacial score (nSPS) is 14.8. The molecule has 0 radical (unpaired) electrons. The fourth-order valence-corrected chi connectivity index (χ4v) is 3.65. The second-order valence-corrected chi connectivity index (χ2v) is 8.18. The zero-order chi connectivity index (χ0) is 21.3. The molecule has 0 atom stereocenters. The van der Waals surface area contributed by atoms with Crippen LogP contribution in [0.4, 0.5) is 5.82 Å². The molecule has 7 nitrogen and oxygen atoms in total. The van der Waals surface area contributed by atoms with Crippen LogP contribution in [0.3, 0.4) is 0 Å². The summed E-state index contributed by atoms with van der Waals surface area (Å²) in [5, 5.41) is 2.82. The maximum absolute atomic E-state index is 12.6. The number of amides is 2. The van der Waals surface area contributed by atoms with Gasteiger partial charge in [-0.2, -0.15) is 0 Å². The Bertz CT molecular complexity index is 842. The summed E-state index contributed by atoms with van der Waals surface area (Å²) in [4.78, 5) is 33.1. The smallest absolute Gasteiger partial charge is 0.239 e. The first-order valence-electron chi connectivity index (χ1n) is 10.1. The minimum absolute atomic E-state index is 0.0934. The van der Waals surface area contributed by atoms with Gasteiger partial charge in [-0.1, -0.05) is 12.1 Å². The third-order valence-electron chi connectivity index (χ3n) is 5.09. The molecule has 2 heterocycles. The number of benzene rings is 1. The highest BCUT2D eigenvalue weighted by molar-refractivity contribution is 9.10. The molecule has 2 aromatic rings. The molecule has 30 heavy (non-hydrogen) atoms. The van der Waals surface area contributed by atoms with Crippen LogP contribution in [-0.2, 0) is 16.0 Å². The molecule has 1 fully saturated rings. The predicted octanol–water partition coefficient (Wildman–Crippen LogP) is 2.96. The first-order valence-corrected chi connectivity index (χ1v) is 10.9. The molecule has 1 aromatic heterocycles. The van der Waals surface area contributed by atoms with E-state index in [1.54, 1.807) is 19.4 Å². The molecule has 0 saturated carbocycles. The molecule has 1 aromatic carbocycles. The van der Waals surface area contributed by atoms with Crippen molar-refractivity contribution in [1.29, 1.82) is 0 Å². The summed E-state index contributed by atoms with van der Waals surface area (Å²) in [6, 6.07) is 11.4. The highest BCUT2D eigenvalue weighted by atomic mass is 79.9. The Labute approximate surface area is 185 Å². The van der Waals surface area contributed by atoms with Crippen molar-refractivity contribution >= 4 is 33.6 Å². The number of methoxy groups -OCH3 is 1. The van der Waals surface area contributed by atoms with Crippen LogP contribution in [0.5, 0.6) is 5.75 Å². The minimum atomic E-state index is -0.0934. The van der Waals surface area contributed by atoms with E-state index in [0.29, 0.717) is 38.3 Å². The Balaban J connectivity index is 1.42. The van der Waals surface area contributed by atoms with Gasteiger partial charge in [-0.05, 0) is 58.6 Å². The number of hydrogen-bond acceptors (Lipinski definition) is 5. The first kappa shape index (κ1) is 22.2. The number of anilines is 1. The molecule has 1 aliphatic rings. The molecule has 1 N–H and O–H groups in total. The van der Waals surface area contributed by atoms with Gasteiger partial charge in [0.2, 0.25) is 11.8 Å². The lowest BCUT2D eigenvalue weighted by Gasteiger charge is -2.22. The lowest BCUT2D eigenvalue weighted by molar-refractivity contribution is -0.131. The molecule has 3 rings (SSSR count). The Morgan fingerprint density at radius 1 is 1.10 bits per heavy atom. The third kappa shape index (κ3) is 6.81. The summed E-state index contributed by atoms with van der Waals surface area (Å²) < 4.78 is 6.03. The van der Waals surface area contributed by atoms with Crippen molar-refractivity contribution in [3.05, 3.63) is 52.6 Å². The van der Waals surface area contributed by atoms with Crippen molar-refractivity contribution in [3.63, 3.8) is 0 Å². The van der Waals surface area contributed by atoms with Gasteiger partial charge in [-0.3, -0.25) is 14.5 Å². The highest BCUT2D eigenvalue weighted by Crippen LogP contribution is 2.14. The molecule has 160 valence electrons. The number of pyridine rings is 1. The number of nitrogens with zero attached hydrogens (tertiary/aromatic N) is 3. The van der Waals surface area contributed by atoms with E-state index in [4.69, 9.17) is 4.74 Å². The quantitative estimate of drug-likeness (QED) is 0.667. The SMILES string of the molecule is COc1ccc(CCC(=O)N2CCCN(CC(=O)Nc3ccc(Br)cn3)CC2)cc1. The topological polar surface area (TPSA) is 74.8 Å². The summed E-state index contributed by atoms with van der Waals surface area (Å²) in [5.41, 5.74) is 1.12. The summed E-state index contributed by atoms with van der Waals surface area (Å²) >= 11 is 3.33. The number of nitrogens with one attached hydrogen (secondary N) is 1. The second kappa shape index (κ2) is 11.1. The number of aryl methyl sites for hydroxylation is 1. The van der Waals surface area contributed by atoms with Crippen molar-refractivity contribution in [1.82, 2.24) is 14.8 Å². The van der Waals surface area contributed by atoms with Crippen LogP contribution >= 0.6 is 15.9 Å². The van der Waals surface area contributed by atoms with E-state index in [-0.39, 0.29) is 11.8 Å². The number of ether oxygens (including phenoxy) is 1. The van der Waals surface area contributed by atoms with Gasteiger partial charge in [0.05, 0.1) is 13.7 Å². The van der Waals surface area contributed by atoms with Gasteiger partial charge in [0, 0.05) is 43.3 Å². The van der Waals surface area contributed by atoms with E-state index in [9.17, 15) is 9.59 Å². The molecule has 1 aliphatic heterocycles. The lowest BCUT2D eigenvalue weighted by Crippen LogP contribution is -2.38. The van der Waals surface area contributed by atoms with Crippen molar-refractivity contribution in [3.8, 4) is 5.75 Å². The third-order valence-corrected chi connectivity index (χ3v) is 5.56. The van der Waals surface area contributed by atoms with Gasteiger partial charge in [0.1, 0.15) is 11.6 Å². The number of hydrogen-bond donors (Lipinski definition) is 1. The summed E-state index contributed by atoms with van der Waals surface area (Å²) in [6.45, 7) is 3.16. The molecular weight excluding hydrogens is 448 g/mol. The Kier molecular flexibility index (Phi) is 8.21. The van der Waals surface area contributed by atoms with Gasteiger partial charge in [-0.25, -0.2) is 4.98 Å². The van der Waals surface area contributed by atoms with Crippen molar-refractivity contribution < 1.29 is 14.3 Å². The fraction of sp³-hybridized carbons (Fsp3) is 0.409. The van der Waals surface area contributed by atoms with E-state index >= 15 is 0 Å². The minimum Gasteiger partial charge on any atom is -0.497 e. The van der Waals surface area contributed by atoms with Crippen LogP contribution in [0.15, 0.2) is 47.1 Å². The van der Waals surface area contributed by atoms with E-state index in [2.05, 4.69) is 31.1 Å². The highest BCUT2D eigenvalue weighted by Gasteiger charge is 2.20. The predicted molar refractivity (Wildman–Crippen MR) is 120 cm³/mol. The Morgan fingerprint density at radius 2 is 1.90 bits per heavy atom. The van der Waals surface area contributed by atoms with Crippen molar-refractivity contribution in [2.75, 3.05) is 45.2 Å². The van der Waals surface area contributed by atoms with Crippen LogP contribution in [-0.4, -0.2) is 66.4 Å². The van der Waals surface area contributed by atoms with Gasteiger partial charge in [-0.15, -0.1) is 0 Å². The van der Waals surface area contributed by atoms with E-state index in [1.165, 1.54) is 0 Å².